The molecule has 0 radical (unpaired) electrons. The summed E-state index contributed by atoms with van der Waals surface area (Å²) in [6.07, 6.45) is 0. The summed E-state index contributed by atoms with van der Waals surface area (Å²) in [5, 5.41) is 0. The molecule has 0 aliphatic heterocycles. The highest BCUT2D eigenvalue weighted by Gasteiger charge is 2.13. The zero-order valence-electron chi connectivity index (χ0n) is 9.40. The van der Waals surface area contributed by atoms with Crippen LogP contribution in [0, 0.1) is 6.92 Å². The number of aromatic nitrogens is 1. The average molecular weight is 207 g/mol. The van der Waals surface area contributed by atoms with Crippen LogP contribution in [0.25, 0.3) is 0 Å². The molecule has 1 unspecified atom stereocenters. The van der Waals surface area contributed by atoms with Crippen LogP contribution in [0.3, 0.4) is 0 Å². The maximum absolute atomic E-state index is 11.8. The minimum atomic E-state index is -0.0870. The molecule has 0 saturated carbocycles. The molecule has 15 heavy (non-hydrogen) atoms. The van der Waals surface area contributed by atoms with Crippen molar-refractivity contribution in [3.63, 3.8) is 0 Å². The molecule has 2 N–H and O–H groups in total. The Bertz CT molecular complexity index is 349. The Hall–Kier alpha value is -1.42. The molecule has 4 nitrogen and oxygen atoms in total. The SMILES string of the molecule is Cc1cccc(C(=O)N(C)CC(C)N)n1. The molecule has 0 aliphatic carbocycles. The summed E-state index contributed by atoms with van der Waals surface area (Å²) in [5.74, 6) is -0.0870. The largest absolute Gasteiger partial charge is 0.339 e. The molecule has 0 fully saturated rings. The minimum absolute atomic E-state index is 0.0243. The van der Waals surface area contributed by atoms with Crippen molar-refractivity contribution in [2.24, 2.45) is 5.73 Å². The fraction of sp³-hybridized carbons (Fsp3) is 0.455. The lowest BCUT2D eigenvalue weighted by atomic mass is 10.2. The van der Waals surface area contributed by atoms with Crippen LogP contribution in [-0.4, -0.2) is 35.4 Å². The van der Waals surface area contributed by atoms with Crippen LogP contribution in [0.5, 0.6) is 0 Å². The third-order valence-electron chi connectivity index (χ3n) is 2.02. The number of carbonyl (C=O) groups is 1. The normalized spacial score (nSPS) is 12.3. The van der Waals surface area contributed by atoms with Crippen molar-refractivity contribution in [2.75, 3.05) is 13.6 Å². The van der Waals surface area contributed by atoms with Crippen molar-refractivity contribution in [1.82, 2.24) is 9.88 Å². The first kappa shape index (κ1) is 11.7. The molecule has 82 valence electrons. The van der Waals surface area contributed by atoms with Gasteiger partial charge in [-0.1, -0.05) is 6.07 Å². The predicted octanol–water partition coefficient (Wildman–Crippen LogP) is 0.809. The first-order valence-electron chi connectivity index (χ1n) is 4.95. The van der Waals surface area contributed by atoms with Crippen molar-refractivity contribution in [3.8, 4) is 0 Å². The number of nitrogens with zero attached hydrogens (tertiary/aromatic N) is 2. The molecule has 1 atom stereocenters. The van der Waals surface area contributed by atoms with E-state index >= 15 is 0 Å². The minimum Gasteiger partial charge on any atom is -0.339 e. The summed E-state index contributed by atoms with van der Waals surface area (Å²) in [5.41, 5.74) is 6.94. The number of likely N-dealkylation sites (N-methyl/N-ethyl adjacent to an activating group) is 1. The lowest BCUT2D eigenvalue weighted by Gasteiger charge is -2.18. The molecule has 0 spiro atoms. The van der Waals surface area contributed by atoms with E-state index in [-0.39, 0.29) is 11.9 Å². The van der Waals surface area contributed by atoms with Crippen LogP contribution in [0.1, 0.15) is 23.1 Å². The highest BCUT2D eigenvalue weighted by Crippen LogP contribution is 2.02. The van der Waals surface area contributed by atoms with Gasteiger partial charge in [-0.3, -0.25) is 4.79 Å². The first-order valence-corrected chi connectivity index (χ1v) is 4.95. The van der Waals surface area contributed by atoms with E-state index < -0.39 is 0 Å². The van der Waals surface area contributed by atoms with E-state index in [1.54, 1.807) is 18.0 Å². The second kappa shape index (κ2) is 4.89. The van der Waals surface area contributed by atoms with Crippen molar-refractivity contribution in [3.05, 3.63) is 29.6 Å². The number of pyridine rings is 1. The van der Waals surface area contributed by atoms with Crippen LogP contribution in [0.15, 0.2) is 18.2 Å². The fourth-order valence-electron chi connectivity index (χ4n) is 1.37. The van der Waals surface area contributed by atoms with E-state index in [9.17, 15) is 4.79 Å². The molecule has 0 aliphatic rings. The molecule has 0 bridgehead atoms. The third-order valence-corrected chi connectivity index (χ3v) is 2.02. The van der Waals surface area contributed by atoms with Gasteiger partial charge in [0, 0.05) is 25.3 Å². The molecule has 4 heteroatoms. The van der Waals surface area contributed by atoms with Crippen LogP contribution in [0.2, 0.25) is 0 Å². The van der Waals surface area contributed by atoms with Gasteiger partial charge in [0.1, 0.15) is 5.69 Å². The van der Waals surface area contributed by atoms with Crippen molar-refractivity contribution >= 4 is 5.91 Å². The van der Waals surface area contributed by atoms with E-state index in [0.29, 0.717) is 12.2 Å². The van der Waals surface area contributed by atoms with Crippen LogP contribution >= 0.6 is 0 Å². The Labute approximate surface area is 90.1 Å². The molecular formula is C11H17N3O. The van der Waals surface area contributed by atoms with Crippen LogP contribution < -0.4 is 5.73 Å². The highest BCUT2D eigenvalue weighted by atomic mass is 16.2. The van der Waals surface area contributed by atoms with E-state index in [4.69, 9.17) is 5.73 Å². The van der Waals surface area contributed by atoms with E-state index in [1.165, 1.54) is 0 Å². The Morgan fingerprint density at radius 1 is 1.60 bits per heavy atom. The molecule has 1 aromatic heterocycles. The van der Waals surface area contributed by atoms with Gasteiger partial charge in [0.25, 0.3) is 5.91 Å². The lowest BCUT2D eigenvalue weighted by molar-refractivity contribution is 0.0783. The summed E-state index contributed by atoms with van der Waals surface area (Å²) < 4.78 is 0. The second-order valence-corrected chi connectivity index (χ2v) is 3.83. The summed E-state index contributed by atoms with van der Waals surface area (Å²) in [4.78, 5) is 17.6. The summed E-state index contributed by atoms with van der Waals surface area (Å²) in [6.45, 7) is 4.27. The standard InChI is InChI=1S/C11H17N3O/c1-8(12)7-14(3)11(15)10-6-4-5-9(2)13-10/h4-6,8H,7,12H2,1-3H3. The number of nitrogens with two attached hydrogens (primary N) is 1. The van der Waals surface area contributed by atoms with Gasteiger partial charge < -0.3 is 10.6 Å². The van der Waals surface area contributed by atoms with Crippen LogP contribution in [0.4, 0.5) is 0 Å². The number of aryl methyl sites for hydroxylation is 1. The van der Waals surface area contributed by atoms with Crippen LogP contribution in [-0.2, 0) is 0 Å². The Kier molecular flexibility index (Phi) is 3.80. The number of hydrogen-bond donors (Lipinski definition) is 1. The molecule has 1 amide bonds. The number of amides is 1. The maximum atomic E-state index is 11.8. The van der Waals surface area contributed by atoms with Crippen molar-refractivity contribution in [2.45, 2.75) is 19.9 Å². The van der Waals surface area contributed by atoms with E-state index in [2.05, 4.69) is 4.98 Å². The number of carbonyl (C=O) groups excluding carboxylic acids is 1. The van der Waals surface area contributed by atoms with Gasteiger partial charge in [-0.15, -0.1) is 0 Å². The molecule has 1 heterocycles. The van der Waals surface area contributed by atoms with Crippen molar-refractivity contribution in [1.29, 1.82) is 0 Å². The Morgan fingerprint density at radius 3 is 2.80 bits per heavy atom. The zero-order chi connectivity index (χ0) is 11.4. The fourth-order valence-corrected chi connectivity index (χ4v) is 1.37. The Balaban J connectivity index is 2.76. The topological polar surface area (TPSA) is 59.2 Å². The van der Waals surface area contributed by atoms with Gasteiger partial charge in [0.15, 0.2) is 0 Å². The summed E-state index contributed by atoms with van der Waals surface area (Å²) >= 11 is 0. The lowest BCUT2D eigenvalue weighted by Crippen LogP contribution is -2.37. The number of rotatable bonds is 3. The van der Waals surface area contributed by atoms with E-state index in [1.807, 2.05) is 26.0 Å². The van der Waals surface area contributed by atoms with E-state index in [0.717, 1.165) is 5.69 Å². The molecule has 1 aromatic rings. The second-order valence-electron chi connectivity index (χ2n) is 3.83. The van der Waals surface area contributed by atoms with Gasteiger partial charge in [-0.05, 0) is 26.0 Å². The Morgan fingerprint density at radius 2 is 2.27 bits per heavy atom. The number of hydrogen-bond acceptors (Lipinski definition) is 3. The summed E-state index contributed by atoms with van der Waals surface area (Å²) in [6, 6.07) is 5.38. The molecule has 0 aromatic carbocycles. The third kappa shape index (κ3) is 3.32. The van der Waals surface area contributed by atoms with Gasteiger partial charge in [-0.25, -0.2) is 4.98 Å². The smallest absolute Gasteiger partial charge is 0.272 e. The quantitative estimate of drug-likeness (QED) is 0.798. The molecular weight excluding hydrogens is 190 g/mol. The van der Waals surface area contributed by atoms with Gasteiger partial charge >= 0.3 is 0 Å². The molecule has 0 saturated heterocycles. The maximum Gasteiger partial charge on any atom is 0.272 e. The van der Waals surface area contributed by atoms with Gasteiger partial charge in [-0.2, -0.15) is 0 Å². The highest BCUT2D eigenvalue weighted by molar-refractivity contribution is 5.92. The summed E-state index contributed by atoms with van der Waals surface area (Å²) in [7, 11) is 1.73. The monoisotopic (exact) mass is 207 g/mol. The molecule has 1 rings (SSSR count). The first-order chi connectivity index (χ1) is 7.00. The van der Waals surface area contributed by atoms with Gasteiger partial charge in [0.05, 0.1) is 0 Å². The predicted molar refractivity (Wildman–Crippen MR) is 59.6 cm³/mol. The average Bonchev–Trinajstić information content (AvgIpc) is 2.15. The van der Waals surface area contributed by atoms with Crippen molar-refractivity contribution < 1.29 is 4.79 Å². The van der Waals surface area contributed by atoms with Gasteiger partial charge in [0.2, 0.25) is 0 Å². The zero-order valence-corrected chi connectivity index (χ0v) is 9.40.